The summed E-state index contributed by atoms with van der Waals surface area (Å²) in [6.45, 7) is 3.96. The van der Waals surface area contributed by atoms with Gasteiger partial charge in [-0.1, -0.05) is 0 Å². The van der Waals surface area contributed by atoms with Crippen molar-refractivity contribution in [3.05, 3.63) is 35.3 Å². The molecule has 0 saturated carbocycles. The van der Waals surface area contributed by atoms with Crippen LogP contribution in [0.5, 0.6) is 0 Å². The maximum Gasteiger partial charge on any atom is 0.289 e. The number of amides is 1. The van der Waals surface area contributed by atoms with Crippen LogP contribution in [0.2, 0.25) is 0 Å². The fourth-order valence-electron chi connectivity index (χ4n) is 1.48. The molecule has 0 aromatic carbocycles. The lowest BCUT2D eigenvalue weighted by molar-refractivity contribution is 0.0748. The van der Waals surface area contributed by atoms with Crippen LogP contribution in [0.4, 0.5) is 0 Å². The van der Waals surface area contributed by atoms with Gasteiger partial charge in [0.1, 0.15) is 11.6 Å². The Morgan fingerprint density at radius 2 is 2.24 bits per heavy atom. The highest BCUT2D eigenvalue weighted by atomic mass is 16.3. The monoisotopic (exact) mass is 234 g/mol. The molecular weight excluding hydrogens is 220 g/mol. The minimum Gasteiger partial charge on any atom is -0.456 e. The second kappa shape index (κ2) is 4.40. The van der Waals surface area contributed by atoms with Crippen molar-refractivity contribution in [3.63, 3.8) is 0 Å². The summed E-state index contributed by atoms with van der Waals surface area (Å²) in [5.41, 5.74) is 0. The number of aromatic nitrogens is 3. The van der Waals surface area contributed by atoms with Gasteiger partial charge in [-0.05, 0) is 26.0 Å². The van der Waals surface area contributed by atoms with Crippen molar-refractivity contribution < 1.29 is 9.21 Å². The molecule has 0 aliphatic rings. The van der Waals surface area contributed by atoms with E-state index >= 15 is 0 Å². The Labute approximate surface area is 98.6 Å². The molecule has 0 atom stereocenters. The van der Waals surface area contributed by atoms with E-state index in [1.54, 1.807) is 26.1 Å². The van der Waals surface area contributed by atoms with Crippen LogP contribution in [0, 0.1) is 13.8 Å². The largest absolute Gasteiger partial charge is 0.456 e. The average molecular weight is 234 g/mol. The van der Waals surface area contributed by atoms with Gasteiger partial charge in [0.15, 0.2) is 11.6 Å². The average Bonchev–Trinajstić information content (AvgIpc) is 2.87. The van der Waals surface area contributed by atoms with Gasteiger partial charge in [0.2, 0.25) is 0 Å². The van der Waals surface area contributed by atoms with Gasteiger partial charge in [-0.15, -0.1) is 0 Å². The van der Waals surface area contributed by atoms with Crippen molar-refractivity contribution in [2.75, 3.05) is 7.05 Å². The molecule has 90 valence electrons. The normalized spacial score (nSPS) is 10.5. The Morgan fingerprint density at radius 3 is 2.76 bits per heavy atom. The summed E-state index contributed by atoms with van der Waals surface area (Å²) in [5, 5.41) is 6.71. The Kier molecular flexibility index (Phi) is 2.95. The van der Waals surface area contributed by atoms with Gasteiger partial charge in [-0.25, -0.2) is 4.98 Å². The third-order valence-electron chi connectivity index (χ3n) is 2.32. The van der Waals surface area contributed by atoms with Gasteiger partial charge in [-0.2, -0.15) is 5.10 Å². The van der Waals surface area contributed by atoms with Crippen molar-refractivity contribution >= 4 is 5.91 Å². The first-order valence-electron chi connectivity index (χ1n) is 5.26. The molecule has 0 fully saturated rings. The van der Waals surface area contributed by atoms with Gasteiger partial charge in [0, 0.05) is 7.05 Å². The highest BCUT2D eigenvalue weighted by molar-refractivity contribution is 5.91. The smallest absolute Gasteiger partial charge is 0.289 e. The van der Waals surface area contributed by atoms with E-state index in [1.165, 1.54) is 4.90 Å². The van der Waals surface area contributed by atoms with Gasteiger partial charge in [0.25, 0.3) is 5.91 Å². The summed E-state index contributed by atoms with van der Waals surface area (Å²) in [5.74, 6) is 2.18. The molecule has 2 rings (SSSR count). The lowest BCUT2D eigenvalue weighted by atomic mass is 10.4. The molecular formula is C11H14N4O2. The molecule has 6 nitrogen and oxygen atoms in total. The third kappa shape index (κ3) is 2.52. The van der Waals surface area contributed by atoms with Crippen LogP contribution in [-0.4, -0.2) is 33.0 Å². The van der Waals surface area contributed by atoms with Crippen LogP contribution in [-0.2, 0) is 6.54 Å². The van der Waals surface area contributed by atoms with Crippen LogP contribution in [0.3, 0.4) is 0 Å². The summed E-state index contributed by atoms with van der Waals surface area (Å²) in [6.07, 6.45) is 0. The number of carbonyl (C=O) groups is 1. The third-order valence-corrected chi connectivity index (χ3v) is 2.32. The number of carbonyl (C=O) groups excluding carboxylic acids is 1. The van der Waals surface area contributed by atoms with E-state index in [2.05, 4.69) is 15.2 Å². The van der Waals surface area contributed by atoms with Crippen molar-refractivity contribution in [2.24, 2.45) is 0 Å². The van der Waals surface area contributed by atoms with Crippen LogP contribution in [0.15, 0.2) is 16.5 Å². The molecule has 2 heterocycles. The van der Waals surface area contributed by atoms with Gasteiger partial charge in [-0.3, -0.25) is 9.89 Å². The van der Waals surface area contributed by atoms with Gasteiger partial charge in [0.05, 0.1) is 6.54 Å². The number of nitrogens with one attached hydrogen (secondary N) is 1. The van der Waals surface area contributed by atoms with Crippen LogP contribution in [0.25, 0.3) is 0 Å². The fraction of sp³-hybridized carbons (Fsp3) is 0.364. The zero-order valence-electron chi connectivity index (χ0n) is 10.0. The number of furan rings is 1. The maximum atomic E-state index is 11.9. The highest BCUT2D eigenvalue weighted by Crippen LogP contribution is 2.10. The number of aryl methyl sites for hydroxylation is 2. The first-order chi connectivity index (χ1) is 8.06. The van der Waals surface area contributed by atoms with Crippen LogP contribution < -0.4 is 0 Å². The first-order valence-corrected chi connectivity index (χ1v) is 5.26. The van der Waals surface area contributed by atoms with Crippen molar-refractivity contribution in [1.82, 2.24) is 20.1 Å². The molecule has 6 heteroatoms. The molecule has 2 aromatic heterocycles. The SMILES string of the molecule is Cc1nc(CN(C)C(=O)c2ccc(C)o2)n[nH]1. The minimum atomic E-state index is -0.180. The van der Waals surface area contributed by atoms with E-state index in [4.69, 9.17) is 4.42 Å². The second-order valence-corrected chi connectivity index (χ2v) is 3.91. The predicted octanol–water partition coefficient (Wildman–Crippen LogP) is 1.29. The van der Waals surface area contributed by atoms with E-state index in [9.17, 15) is 4.79 Å². The Bertz CT molecular complexity index is 529. The zero-order chi connectivity index (χ0) is 12.4. The van der Waals surface area contributed by atoms with Crippen LogP contribution >= 0.6 is 0 Å². The van der Waals surface area contributed by atoms with E-state index < -0.39 is 0 Å². The fourth-order valence-corrected chi connectivity index (χ4v) is 1.48. The number of rotatable bonds is 3. The Balaban J connectivity index is 2.05. The van der Waals surface area contributed by atoms with Crippen molar-refractivity contribution in [2.45, 2.75) is 20.4 Å². The molecule has 0 aliphatic carbocycles. The Hall–Kier alpha value is -2.11. The molecule has 1 amide bonds. The van der Waals surface area contributed by atoms with E-state index in [0.717, 1.165) is 11.6 Å². The minimum absolute atomic E-state index is 0.180. The molecule has 0 saturated heterocycles. The van der Waals surface area contributed by atoms with Crippen LogP contribution in [0.1, 0.15) is 28.0 Å². The second-order valence-electron chi connectivity index (χ2n) is 3.91. The first kappa shape index (κ1) is 11.4. The topological polar surface area (TPSA) is 75.0 Å². The number of hydrogen-bond donors (Lipinski definition) is 1. The van der Waals surface area contributed by atoms with Crippen molar-refractivity contribution in [3.8, 4) is 0 Å². The quantitative estimate of drug-likeness (QED) is 0.868. The zero-order valence-corrected chi connectivity index (χ0v) is 10.0. The molecule has 0 bridgehead atoms. The number of hydrogen-bond acceptors (Lipinski definition) is 4. The molecule has 0 radical (unpaired) electrons. The molecule has 0 spiro atoms. The standard InChI is InChI=1S/C11H14N4O2/c1-7-4-5-9(17-7)11(16)15(3)6-10-12-8(2)13-14-10/h4-5H,6H2,1-3H3,(H,12,13,14). The summed E-state index contributed by atoms with van der Waals surface area (Å²) in [6, 6.07) is 3.43. The molecule has 17 heavy (non-hydrogen) atoms. The Morgan fingerprint density at radius 1 is 1.47 bits per heavy atom. The van der Waals surface area contributed by atoms with E-state index in [1.807, 2.05) is 6.92 Å². The number of H-pyrrole nitrogens is 1. The molecule has 0 unspecified atom stereocenters. The predicted molar refractivity (Wildman–Crippen MR) is 60.4 cm³/mol. The van der Waals surface area contributed by atoms with Gasteiger partial charge >= 0.3 is 0 Å². The number of aromatic amines is 1. The van der Waals surface area contributed by atoms with Gasteiger partial charge < -0.3 is 9.32 Å². The molecule has 2 aromatic rings. The van der Waals surface area contributed by atoms with E-state index in [-0.39, 0.29) is 5.91 Å². The highest BCUT2D eigenvalue weighted by Gasteiger charge is 2.16. The summed E-state index contributed by atoms with van der Waals surface area (Å²) in [4.78, 5) is 17.6. The summed E-state index contributed by atoms with van der Waals surface area (Å²) >= 11 is 0. The number of nitrogens with zero attached hydrogens (tertiary/aromatic N) is 3. The molecule has 0 aliphatic heterocycles. The van der Waals surface area contributed by atoms with E-state index in [0.29, 0.717) is 18.1 Å². The lowest BCUT2D eigenvalue weighted by Gasteiger charge is -2.13. The maximum absolute atomic E-state index is 11.9. The molecule has 1 N–H and O–H groups in total. The summed E-state index contributed by atoms with van der Waals surface area (Å²) < 4.78 is 5.27. The lowest BCUT2D eigenvalue weighted by Crippen LogP contribution is -2.26. The van der Waals surface area contributed by atoms with Crippen molar-refractivity contribution in [1.29, 1.82) is 0 Å². The summed E-state index contributed by atoms with van der Waals surface area (Å²) in [7, 11) is 1.69.